The van der Waals surface area contributed by atoms with Crippen LogP contribution in [0.3, 0.4) is 0 Å². The van der Waals surface area contributed by atoms with E-state index in [1.54, 1.807) is 30.3 Å². The van der Waals surface area contributed by atoms with E-state index in [0.717, 1.165) is 0 Å². The van der Waals surface area contributed by atoms with Gasteiger partial charge in [-0.05, 0) is 24.3 Å². The van der Waals surface area contributed by atoms with Gasteiger partial charge in [0.1, 0.15) is 0 Å². The summed E-state index contributed by atoms with van der Waals surface area (Å²) in [5.74, 6) is -0.924. The van der Waals surface area contributed by atoms with Crippen molar-refractivity contribution in [1.29, 1.82) is 0 Å². The Kier molecular flexibility index (Phi) is 3.29. The van der Waals surface area contributed by atoms with E-state index in [9.17, 15) is 9.59 Å². The molecule has 4 N–H and O–H groups in total. The van der Waals surface area contributed by atoms with Crippen LogP contribution in [0.2, 0.25) is 0 Å². The Bertz CT molecular complexity index is 564. The molecular formula is C12H11N3O3. The lowest BCUT2D eigenvalue weighted by Crippen LogP contribution is -2.41. The van der Waals surface area contributed by atoms with Crippen LogP contribution < -0.4 is 16.6 Å². The SMILES string of the molecule is Nc1ccccc1C(=O)NNC(=O)c1ccco1. The minimum atomic E-state index is -0.539. The highest BCUT2D eigenvalue weighted by molar-refractivity contribution is 6.01. The number of nitrogens with one attached hydrogen (secondary N) is 2. The monoisotopic (exact) mass is 245 g/mol. The number of carbonyl (C=O) groups is 2. The number of hydrogen-bond acceptors (Lipinski definition) is 4. The first-order chi connectivity index (χ1) is 8.68. The number of rotatable bonds is 2. The molecule has 92 valence electrons. The molecule has 6 heteroatoms. The maximum absolute atomic E-state index is 11.7. The van der Waals surface area contributed by atoms with Crippen LogP contribution in [-0.4, -0.2) is 11.8 Å². The Hall–Kier alpha value is -2.76. The van der Waals surface area contributed by atoms with Crippen molar-refractivity contribution in [3.8, 4) is 0 Å². The van der Waals surface area contributed by atoms with Gasteiger partial charge in [0.15, 0.2) is 5.76 Å². The fourth-order valence-electron chi connectivity index (χ4n) is 1.35. The van der Waals surface area contributed by atoms with Crippen LogP contribution in [-0.2, 0) is 0 Å². The molecule has 0 bridgehead atoms. The second-order valence-electron chi connectivity index (χ2n) is 3.47. The summed E-state index contributed by atoms with van der Waals surface area (Å²) in [6, 6.07) is 9.62. The molecule has 1 aromatic carbocycles. The number of nitrogens with two attached hydrogens (primary N) is 1. The van der Waals surface area contributed by atoms with E-state index in [0.29, 0.717) is 5.69 Å². The third-order valence-electron chi connectivity index (χ3n) is 2.24. The molecule has 1 heterocycles. The lowest BCUT2D eigenvalue weighted by molar-refractivity contribution is 0.0831. The zero-order valence-electron chi connectivity index (χ0n) is 9.34. The van der Waals surface area contributed by atoms with Crippen LogP contribution in [0.4, 0.5) is 5.69 Å². The summed E-state index contributed by atoms with van der Waals surface area (Å²) in [6.45, 7) is 0. The molecule has 1 aromatic heterocycles. The smallest absolute Gasteiger partial charge is 0.305 e. The number of carbonyl (C=O) groups excluding carboxylic acids is 2. The van der Waals surface area contributed by atoms with Crippen molar-refractivity contribution in [3.05, 3.63) is 54.0 Å². The summed E-state index contributed by atoms with van der Waals surface area (Å²) in [7, 11) is 0. The summed E-state index contributed by atoms with van der Waals surface area (Å²) < 4.78 is 4.87. The number of furan rings is 1. The van der Waals surface area contributed by atoms with Crippen molar-refractivity contribution in [1.82, 2.24) is 10.9 Å². The second kappa shape index (κ2) is 5.05. The lowest BCUT2D eigenvalue weighted by Gasteiger charge is -2.07. The summed E-state index contributed by atoms with van der Waals surface area (Å²) in [5.41, 5.74) is 10.7. The van der Waals surface area contributed by atoms with Crippen molar-refractivity contribution in [2.75, 3.05) is 5.73 Å². The molecule has 0 saturated heterocycles. The standard InChI is InChI=1S/C12H11N3O3/c13-9-5-2-1-4-8(9)11(16)14-15-12(17)10-6-3-7-18-10/h1-7H,13H2,(H,14,16)(H,15,17). The summed E-state index contributed by atoms with van der Waals surface area (Å²) in [5, 5.41) is 0. The maximum atomic E-state index is 11.7. The minimum Gasteiger partial charge on any atom is -0.459 e. The van der Waals surface area contributed by atoms with Crippen molar-refractivity contribution in [2.24, 2.45) is 0 Å². The molecule has 2 amide bonds. The number of para-hydroxylation sites is 1. The van der Waals surface area contributed by atoms with Gasteiger partial charge in [-0.3, -0.25) is 20.4 Å². The van der Waals surface area contributed by atoms with Gasteiger partial charge in [0, 0.05) is 5.69 Å². The molecule has 0 spiro atoms. The van der Waals surface area contributed by atoms with Gasteiger partial charge < -0.3 is 10.2 Å². The molecule has 2 aromatic rings. The largest absolute Gasteiger partial charge is 0.459 e. The van der Waals surface area contributed by atoms with Gasteiger partial charge in [0.2, 0.25) is 0 Å². The predicted octanol–water partition coefficient (Wildman–Crippen LogP) is 0.937. The van der Waals surface area contributed by atoms with Crippen molar-refractivity contribution >= 4 is 17.5 Å². The molecule has 0 radical (unpaired) electrons. The second-order valence-corrected chi connectivity index (χ2v) is 3.47. The Morgan fingerprint density at radius 1 is 1.00 bits per heavy atom. The average Bonchev–Trinajstić information content (AvgIpc) is 2.90. The molecule has 0 saturated carbocycles. The summed E-state index contributed by atoms with van der Waals surface area (Å²) in [6.07, 6.45) is 1.37. The molecule has 18 heavy (non-hydrogen) atoms. The normalized spacial score (nSPS) is 9.78. The molecule has 0 unspecified atom stereocenters. The van der Waals surface area contributed by atoms with Crippen LogP contribution in [0.5, 0.6) is 0 Å². The van der Waals surface area contributed by atoms with E-state index >= 15 is 0 Å². The molecule has 0 atom stereocenters. The van der Waals surface area contributed by atoms with Crippen LogP contribution in [0.15, 0.2) is 47.1 Å². The highest BCUT2D eigenvalue weighted by Gasteiger charge is 2.12. The van der Waals surface area contributed by atoms with Gasteiger partial charge in [0.05, 0.1) is 11.8 Å². The van der Waals surface area contributed by atoms with Gasteiger partial charge in [-0.25, -0.2) is 0 Å². The molecule has 0 aliphatic rings. The summed E-state index contributed by atoms with van der Waals surface area (Å²) in [4.78, 5) is 23.2. The first-order valence-electron chi connectivity index (χ1n) is 5.17. The van der Waals surface area contributed by atoms with Gasteiger partial charge in [-0.2, -0.15) is 0 Å². The summed E-state index contributed by atoms with van der Waals surface area (Å²) >= 11 is 0. The van der Waals surface area contributed by atoms with Gasteiger partial charge >= 0.3 is 5.91 Å². The zero-order valence-corrected chi connectivity index (χ0v) is 9.34. The van der Waals surface area contributed by atoms with E-state index in [1.165, 1.54) is 12.3 Å². The Labute approximate surface area is 103 Å². The fraction of sp³-hybridized carbons (Fsp3) is 0. The van der Waals surface area contributed by atoms with E-state index in [2.05, 4.69) is 10.9 Å². The van der Waals surface area contributed by atoms with Crippen LogP contribution in [0, 0.1) is 0 Å². The first kappa shape index (κ1) is 11.7. The predicted molar refractivity (Wildman–Crippen MR) is 64.5 cm³/mol. The topological polar surface area (TPSA) is 97.4 Å². The van der Waals surface area contributed by atoms with Crippen molar-refractivity contribution < 1.29 is 14.0 Å². The van der Waals surface area contributed by atoms with Gasteiger partial charge in [-0.15, -0.1) is 0 Å². The Morgan fingerprint density at radius 3 is 2.39 bits per heavy atom. The molecule has 0 fully saturated rings. The van der Waals surface area contributed by atoms with Gasteiger partial charge in [0.25, 0.3) is 5.91 Å². The Balaban J connectivity index is 1.97. The number of hydrogen-bond donors (Lipinski definition) is 3. The minimum absolute atomic E-state index is 0.108. The highest BCUT2D eigenvalue weighted by atomic mass is 16.3. The van der Waals surface area contributed by atoms with Crippen LogP contribution in [0.1, 0.15) is 20.9 Å². The number of nitrogen functional groups attached to an aromatic ring is 1. The first-order valence-corrected chi connectivity index (χ1v) is 5.17. The van der Waals surface area contributed by atoms with E-state index in [-0.39, 0.29) is 11.3 Å². The highest BCUT2D eigenvalue weighted by Crippen LogP contribution is 2.09. The van der Waals surface area contributed by atoms with E-state index in [4.69, 9.17) is 10.2 Å². The number of amides is 2. The molecule has 0 aliphatic carbocycles. The van der Waals surface area contributed by atoms with Crippen molar-refractivity contribution in [2.45, 2.75) is 0 Å². The molecule has 0 aliphatic heterocycles. The zero-order chi connectivity index (χ0) is 13.0. The average molecular weight is 245 g/mol. The molecule has 6 nitrogen and oxygen atoms in total. The maximum Gasteiger partial charge on any atom is 0.305 e. The number of benzene rings is 1. The lowest BCUT2D eigenvalue weighted by atomic mass is 10.2. The van der Waals surface area contributed by atoms with Crippen LogP contribution in [0.25, 0.3) is 0 Å². The Morgan fingerprint density at radius 2 is 1.72 bits per heavy atom. The van der Waals surface area contributed by atoms with Crippen LogP contribution >= 0.6 is 0 Å². The third kappa shape index (κ3) is 2.49. The molecule has 2 rings (SSSR count). The van der Waals surface area contributed by atoms with Crippen molar-refractivity contribution in [3.63, 3.8) is 0 Å². The fourth-order valence-corrected chi connectivity index (χ4v) is 1.35. The quantitative estimate of drug-likeness (QED) is 0.541. The number of anilines is 1. The number of hydrazine groups is 1. The van der Waals surface area contributed by atoms with E-state index in [1.807, 2.05) is 0 Å². The molecular weight excluding hydrogens is 234 g/mol. The van der Waals surface area contributed by atoms with Gasteiger partial charge in [-0.1, -0.05) is 12.1 Å². The third-order valence-corrected chi connectivity index (χ3v) is 2.24. The van der Waals surface area contributed by atoms with E-state index < -0.39 is 11.8 Å².